The van der Waals surface area contributed by atoms with Crippen LogP contribution in [-0.4, -0.2) is 40.5 Å². The molecule has 0 saturated carbocycles. The highest BCUT2D eigenvalue weighted by atomic mass is 28.4. The summed E-state index contributed by atoms with van der Waals surface area (Å²) in [5.41, 5.74) is 6.53. The Morgan fingerprint density at radius 3 is 1.67 bits per heavy atom. The first-order valence-corrected chi connectivity index (χ1v) is 8.73. The van der Waals surface area contributed by atoms with Crippen LogP contribution in [0.5, 0.6) is 0 Å². The van der Waals surface area contributed by atoms with E-state index in [2.05, 4.69) is 12.2 Å². The highest BCUT2D eigenvalue weighted by Gasteiger charge is 2.58. The minimum absolute atomic E-state index is 0.542. The van der Waals surface area contributed by atoms with Crippen molar-refractivity contribution >= 4 is 8.80 Å². The minimum atomic E-state index is -2.92. The van der Waals surface area contributed by atoms with Gasteiger partial charge in [-0.2, -0.15) is 0 Å². The second kappa shape index (κ2) is 9.01. The largest absolute Gasteiger partial charge is 0.537 e. The van der Waals surface area contributed by atoms with Gasteiger partial charge < -0.3 is 19.0 Å². The second-order valence-electron chi connectivity index (χ2n) is 4.11. The lowest BCUT2D eigenvalue weighted by Crippen LogP contribution is -2.76. The Hall–Kier alpha value is 0.0169. The molecule has 1 unspecified atom stereocenters. The van der Waals surface area contributed by atoms with Crippen LogP contribution in [0.2, 0.25) is 0 Å². The lowest BCUT2D eigenvalue weighted by atomic mass is 10.3. The summed E-state index contributed by atoms with van der Waals surface area (Å²) in [6.45, 7) is 12.3. The molecule has 5 nitrogen and oxygen atoms in total. The third-order valence-electron chi connectivity index (χ3n) is 2.69. The molecule has 0 saturated heterocycles. The molecule has 0 rings (SSSR count). The summed E-state index contributed by atoms with van der Waals surface area (Å²) in [5.74, 6) is 0. The molecule has 0 spiro atoms. The molecule has 110 valence electrons. The van der Waals surface area contributed by atoms with Gasteiger partial charge in [-0.15, -0.1) is 0 Å². The zero-order valence-electron chi connectivity index (χ0n) is 12.5. The summed E-state index contributed by atoms with van der Waals surface area (Å²) in [6, 6.07) is 0. The van der Waals surface area contributed by atoms with E-state index < -0.39 is 14.1 Å². The first kappa shape index (κ1) is 18.0. The molecule has 18 heavy (non-hydrogen) atoms. The van der Waals surface area contributed by atoms with E-state index in [-0.39, 0.29) is 0 Å². The standard InChI is InChI=1S/C12H30N2O3Si/c1-6-11-12(13,14-7-2)18(15-8-3,16-9-4)17-10-5/h14H,6-11,13H2,1-5H3. The van der Waals surface area contributed by atoms with E-state index >= 15 is 0 Å². The van der Waals surface area contributed by atoms with Crippen LogP contribution in [0.4, 0.5) is 0 Å². The summed E-state index contributed by atoms with van der Waals surface area (Å²) in [7, 11) is -2.92. The summed E-state index contributed by atoms with van der Waals surface area (Å²) < 4.78 is 17.7. The quantitative estimate of drug-likeness (QED) is 0.444. The van der Waals surface area contributed by atoms with Gasteiger partial charge in [-0.25, -0.2) is 0 Å². The lowest BCUT2D eigenvalue weighted by molar-refractivity contribution is 0.0361. The van der Waals surface area contributed by atoms with E-state index in [0.29, 0.717) is 19.8 Å². The van der Waals surface area contributed by atoms with Crippen LogP contribution < -0.4 is 11.1 Å². The molecule has 0 aromatic carbocycles. The molecule has 0 radical (unpaired) electrons. The van der Waals surface area contributed by atoms with E-state index in [0.717, 1.165) is 19.4 Å². The summed E-state index contributed by atoms with van der Waals surface area (Å²) in [6.07, 6.45) is 1.72. The molecule has 0 bridgehead atoms. The van der Waals surface area contributed by atoms with Gasteiger partial charge >= 0.3 is 8.80 Å². The summed E-state index contributed by atoms with van der Waals surface area (Å²) in [5, 5.41) is 2.61. The second-order valence-corrected chi connectivity index (χ2v) is 6.98. The van der Waals surface area contributed by atoms with Crippen molar-refractivity contribution in [1.29, 1.82) is 0 Å². The Kier molecular flexibility index (Phi) is 9.01. The molecule has 6 heteroatoms. The number of nitrogens with two attached hydrogens (primary N) is 1. The normalized spacial score (nSPS) is 15.7. The molecule has 0 aromatic rings. The van der Waals surface area contributed by atoms with Crippen molar-refractivity contribution in [3.8, 4) is 0 Å². The fourth-order valence-electron chi connectivity index (χ4n) is 2.14. The number of hydrogen-bond donors (Lipinski definition) is 2. The van der Waals surface area contributed by atoms with Gasteiger partial charge in [0.05, 0.1) is 0 Å². The van der Waals surface area contributed by atoms with E-state index in [1.54, 1.807) is 0 Å². The Labute approximate surface area is 113 Å². The highest BCUT2D eigenvalue weighted by molar-refractivity contribution is 6.64. The van der Waals surface area contributed by atoms with Crippen LogP contribution in [0.15, 0.2) is 0 Å². The predicted octanol–water partition coefficient (Wildman–Crippen LogP) is 1.64. The zero-order valence-corrected chi connectivity index (χ0v) is 13.5. The molecule has 0 aliphatic rings. The molecule has 0 amide bonds. The van der Waals surface area contributed by atoms with Gasteiger partial charge in [0, 0.05) is 19.8 Å². The van der Waals surface area contributed by atoms with Crippen molar-refractivity contribution < 1.29 is 13.3 Å². The predicted molar refractivity (Wildman–Crippen MR) is 76.1 cm³/mol. The van der Waals surface area contributed by atoms with Crippen molar-refractivity contribution in [2.24, 2.45) is 5.73 Å². The SMILES string of the molecule is CCCC(N)(NCC)[Si](OCC)(OCC)OCC. The minimum Gasteiger partial charge on any atom is -0.372 e. The number of nitrogens with one attached hydrogen (secondary N) is 1. The highest BCUT2D eigenvalue weighted by Crippen LogP contribution is 2.25. The molecule has 0 heterocycles. The Morgan fingerprint density at radius 2 is 1.39 bits per heavy atom. The Morgan fingerprint density at radius 1 is 0.944 bits per heavy atom. The molecule has 0 aliphatic heterocycles. The summed E-state index contributed by atoms with van der Waals surface area (Å²) in [4.78, 5) is 0. The van der Waals surface area contributed by atoms with Gasteiger partial charge in [0.25, 0.3) is 0 Å². The van der Waals surface area contributed by atoms with Gasteiger partial charge in [-0.3, -0.25) is 5.32 Å². The first-order chi connectivity index (χ1) is 8.55. The smallest absolute Gasteiger partial charge is 0.372 e. The van der Waals surface area contributed by atoms with Crippen molar-refractivity contribution in [3.63, 3.8) is 0 Å². The van der Waals surface area contributed by atoms with Crippen LogP contribution >= 0.6 is 0 Å². The van der Waals surface area contributed by atoms with Gasteiger partial charge in [-0.1, -0.05) is 20.3 Å². The molecular formula is C12H30N2O3Si. The van der Waals surface area contributed by atoms with Crippen molar-refractivity contribution in [3.05, 3.63) is 0 Å². The maximum absolute atomic E-state index is 6.53. The number of hydrogen-bond acceptors (Lipinski definition) is 5. The zero-order chi connectivity index (χ0) is 14.1. The first-order valence-electron chi connectivity index (χ1n) is 7.01. The average molecular weight is 278 g/mol. The van der Waals surface area contributed by atoms with E-state index in [1.165, 1.54) is 0 Å². The topological polar surface area (TPSA) is 65.7 Å². The van der Waals surface area contributed by atoms with Crippen LogP contribution in [-0.2, 0) is 13.3 Å². The third-order valence-corrected chi connectivity index (χ3v) is 6.21. The van der Waals surface area contributed by atoms with Crippen molar-refractivity contribution in [2.45, 2.75) is 52.7 Å². The molecule has 0 aliphatic carbocycles. The van der Waals surface area contributed by atoms with E-state index in [1.807, 2.05) is 27.7 Å². The fourth-order valence-corrected chi connectivity index (χ4v) is 5.25. The van der Waals surface area contributed by atoms with Gasteiger partial charge in [0.1, 0.15) is 5.29 Å². The monoisotopic (exact) mass is 278 g/mol. The Balaban J connectivity index is 5.26. The van der Waals surface area contributed by atoms with Gasteiger partial charge in [-0.05, 0) is 33.7 Å². The molecule has 0 fully saturated rings. The fraction of sp³-hybridized carbons (Fsp3) is 1.00. The average Bonchev–Trinajstić information content (AvgIpc) is 2.30. The van der Waals surface area contributed by atoms with E-state index in [9.17, 15) is 0 Å². The van der Waals surface area contributed by atoms with Gasteiger partial charge in [0.2, 0.25) is 0 Å². The Bertz CT molecular complexity index is 194. The van der Waals surface area contributed by atoms with Crippen LogP contribution in [0.25, 0.3) is 0 Å². The number of rotatable bonds is 11. The van der Waals surface area contributed by atoms with Crippen molar-refractivity contribution in [2.75, 3.05) is 26.4 Å². The molecule has 0 aromatic heterocycles. The third kappa shape index (κ3) is 4.29. The van der Waals surface area contributed by atoms with Crippen LogP contribution in [0, 0.1) is 0 Å². The maximum atomic E-state index is 6.53. The van der Waals surface area contributed by atoms with Crippen LogP contribution in [0.3, 0.4) is 0 Å². The molecule has 3 N–H and O–H groups in total. The van der Waals surface area contributed by atoms with Crippen LogP contribution in [0.1, 0.15) is 47.5 Å². The molecule has 1 atom stereocenters. The summed E-state index contributed by atoms with van der Waals surface area (Å²) >= 11 is 0. The maximum Gasteiger partial charge on any atom is 0.537 e. The van der Waals surface area contributed by atoms with Gasteiger partial charge in [0.15, 0.2) is 0 Å². The van der Waals surface area contributed by atoms with Crippen molar-refractivity contribution in [1.82, 2.24) is 5.32 Å². The molecular weight excluding hydrogens is 248 g/mol. The lowest BCUT2D eigenvalue weighted by Gasteiger charge is -2.43. The van der Waals surface area contributed by atoms with E-state index in [4.69, 9.17) is 19.0 Å².